The number of hydrogen-bond donors (Lipinski definition) is 2. The minimum atomic E-state index is -1.21. The lowest BCUT2D eigenvalue weighted by molar-refractivity contribution is -0.211. The Morgan fingerprint density at radius 3 is 2.21 bits per heavy atom. The average molecular weight is 473 g/mol. The van der Waals surface area contributed by atoms with E-state index in [9.17, 15) is 19.8 Å². The number of aliphatic hydroxyl groups is 1. The largest absolute Gasteiger partial charge is 0.481 e. The van der Waals surface area contributed by atoms with E-state index in [-0.39, 0.29) is 28.4 Å². The number of carbonyl (C=O) groups excluding carboxylic acids is 1. The maximum atomic E-state index is 14.2. The zero-order valence-corrected chi connectivity index (χ0v) is 22.8. The van der Waals surface area contributed by atoms with Gasteiger partial charge in [-0.05, 0) is 97.4 Å². The lowest BCUT2D eigenvalue weighted by Gasteiger charge is -2.68. The van der Waals surface area contributed by atoms with Crippen LogP contribution in [-0.2, 0) is 9.59 Å². The number of ketones is 1. The van der Waals surface area contributed by atoms with Crippen molar-refractivity contribution >= 4 is 11.8 Å². The fourth-order valence-corrected chi connectivity index (χ4v) is 9.88. The van der Waals surface area contributed by atoms with Gasteiger partial charge < -0.3 is 10.2 Å². The van der Waals surface area contributed by atoms with Gasteiger partial charge in [-0.25, -0.2) is 0 Å². The Morgan fingerprint density at radius 1 is 1.00 bits per heavy atom. The number of aliphatic carboxylic acids is 1. The number of carbonyl (C=O) groups is 2. The van der Waals surface area contributed by atoms with Crippen LogP contribution < -0.4 is 0 Å². The molecule has 3 fully saturated rings. The van der Waals surface area contributed by atoms with E-state index in [0.29, 0.717) is 36.5 Å². The second-order valence-corrected chi connectivity index (χ2v) is 13.7. The molecule has 4 aliphatic carbocycles. The monoisotopic (exact) mass is 472 g/mol. The van der Waals surface area contributed by atoms with Gasteiger partial charge in [-0.15, -0.1) is 0 Å². The number of carboxylic acid groups (broad SMARTS) is 1. The molecule has 4 nitrogen and oxygen atoms in total. The normalized spacial score (nSPS) is 53.5. The van der Waals surface area contributed by atoms with Crippen molar-refractivity contribution in [3.63, 3.8) is 0 Å². The van der Waals surface area contributed by atoms with Crippen molar-refractivity contribution in [3.05, 3.63) is 11.6 Å². The van der Waals surface area contributed by atoms with Crippen LogP contribution in [0.5, 0.6) is 0 Å². The van der Waals surface area contributed by atoms with Gasteiger partial charge in [0.1, 0.15) is 0 Å². The van der Waals surface area contributed by atoms with Gasteiger partial charge in [0.15, 0.2) is 5.78 Å². The summed E-state index contributed by atoms with van der Waals surface area (Å²) >= 11 is 0. The van der Waals surface area contributed by atoms with Gasteiger partial charge in [0, 0.05) is 5.92 Å². The lowest BCUT2D eigenvalue weighted by atomic mass is 9.35. The van der Waals surface area contributed by atoms with Crippen LogP contribution in [0.25, 0.3) is 0 Å². The molecule has 0 saturated heterocycles. The molecule has 0 bridgehead atoms. The van der Waals surface area contributed by atoms with Gasteiger partial charge in [-0.3, -0.25) is 9.59 Å². The van der Waals surface area contributed by atoms with E-state index in [1.165, 1.54) is 18.4 Å². The Kier molecular flexibility index (Phi) is 6.24. The third kappa shape index (κ3) is 3.12. The molecule has 0 heterocycles. The third-order valence-electron chi connectivity index (χ3n) is 12.6. The lowest BCUT2D eigenvalue weighted by Crippen LogP contribution is -2.67. The zero-order valence-electron chi connectivity index (χ0n) is 22.8. The van der Waals surface area contributed by atoms with Gasteiger partial charge >= 0.3 is 5.97 Å². The second-order valence-electron chi connectivity index (χ2n) is 13.7. The molecule has 0 aromatic heterocycles. The summed E-state index contributed by atoms with van der Waals surface area (Å²) in [4.78, 5) is 26.7. The predicted octanol–water partition coefficient (Wildman–Crippen LogP) is 6.51. The zero-order chi connectivity index (χ0) is 25.4. The summed E-state index contributed by atoms with van der Waals surface area (Å²) in [5.74, 6) is 1.11. The molecule has 2 N–H and O–H groups in total. The number of allylic oxidation sites excluding steroid dienone is 2. The average Bonchev–Trinajstić information content (AvgIpc) is 2.76. The molecule has 0 spiro atoms. The first-order valence-corrected chi connectivity index (χ1v) is 13.9. The van der Waals surface area contributed by atoms with Crippen LogP contribution in [0.4, 0.5) is 0 Å². The Hall–Kier alpha value is -1.16. The van der Waals surface area contributed by atoms with Crippen LogP contribution in [0.15, 0.2) is 11.6 Å². The summed E-state index contributed by atoms with van der Waals surface area (Å²) in [5, 5.41) is 21.1. The molecular formula is C30H48O4. The topological polar surface area (TPSA) is 74.6 Å². The van der Waals surface area contributed by atoms with Crippen LogP contribution in [0, 0.1) is 57.2 Å². The quantitative estimate of drug-likeness (QED) is 0.491. The van der Waals surface area contributed by atoms with Crippen molar-refractivity contribution in [3.8, 4) is 0 Å². The summed E-state index contributed by atoms with van der Waals surface area (Å²) in [5.41, 5.74) is -0.561. The summed E-state index contributed by atoms with van der Waals surface area (Å²) in [7, 11) is 0. The van der Waals surface area contributed by atoms with Crippen molar-refractivity contribution in [2.75, 3.05) is 0 Å². The molecule has 0 amide bonds. The molecule has 4 aliphatic rings. The van der Waals surface area contributed by atoms with E-state index in [1.807, 2.05) is 6.08 Å². The number of aliphatic hydroxyl groups excluding tert-OH is 1. The molecule has 0 radical (unpaired) electrons. The summed E-state index contributed by atoms with van der Waals surface area (Å²) < 4.78 is 0. The second kappa shape index (κ2) is 8.18. The van der Waals surface area contributed by atoms with Crippen LogP contribution >= 0.6 is 0 Å². The molecule has 11 atom stereocenters. The highest BCUT2D eigenvalue weighted by Crippen LogP contribution is 2.72. The molecule has 34 heavy (non-hydrogen) atoms. The molecule has 192 valence electrons. The third-order valence-corrected chi connectivity index (χ3v) is 12.6. The Morgan fingerprint density at radius 2 is 1.62 bits per heavy atom. The highest BCUT2D eigenvalue weighted by Gasteiger charge is 2.70. The first-order valence-electron chi connectivity index (χ1n) is 13.9. The molecule has 0 aromatic carbocycles. The van der Waals surface area contributed by atoms with Crippen molar-refractivity contribution in [2.45, 2.75) is 106 Å². The van der Waals surface area contributed by atoms with Crippen molar-refractivity contribution in [1.29, 1.82) is 0 Å². The maximum absolute atomic E-state index is 14.2. The van der Waals surface area contributed by atoms with Gasteiger partial charge in [0.05, 0.1) is 11.5 Å². The van der Waals surface area contributed by atoms with E-state index in [4.69, 9.17) is 0 Å². The number of carboxylic acids is 1. The highest BCUT2D eigenvalue weighted by molar-refractivity contribution is 5.95. The van der Waals surface area contributed by atoms with Gasteiger partial charge in [0.2, 0.25) is 0 Å². The molecular weight excluding hydrogens is 424 g/mol. The fraction of sp³-hybridized carbons (Fsp3) is 0.867. The number of rotatable bonds is 3. The van der Waals surface area contributed by atoms with Crippen molar-refractivity contribution < 1.29 is 19.8 Å². The van der Waals surface area contributed by atoms with Gasteiger partial charge in [-0.1, -0.05) is 60.5 Å². The maximum Gasteiger partial charge on any atom is 0.312 e. The highest BCUT2D eigenvalue weighted by atomic mass is 16.4. The SMILES string of the molecule is CC[C@]1(C)C(C2[C@H](C)CC[C@@H](C)[C@@H]2C)=CC(=O)C2[C@@]3(C)CCC(O)[C@](C)(C(=O)O)C3CC[C@]21C. The van der Waals surface area contributed by atoms with Crippen molar-refractivity contribution in [1.82, 2.24) is 0 Å². The molecule has 4 rings (SSSR count). The summed E-state index contributed by atoms with van der Waals surface area (Å²) in [6, 6.07) is 0. The molecule has 4 heteroatoms. The number of fused-ring (bicyclic) bond motifs is 3. The van der Waals surface area contributed by atoms with Crippen LogP contribution in [0.1, 0.15) is 100 Å². The van der Waals surface area contributed by atoms with E-state index in [2.05, 4.69) is 48.5 Å². The van der Waals surface area contributed by atoms with Crippen LogP contribution in [-0.4, -0.2) is 28.1 Å². The smallest absolute Gasteiger partial charge is 0.312 e. The molecule has 0 aromatic rings. The molecule has 3 saturated carbocycles. The fourth-order valence-electron chi connectivity index (χ4n) is 9.88. The van der Waals surface area contributed by atoms with E-state index in [0.717, 1.165) is 19.3 Å². The standard InChI is InChI=1S/C30H48O4/c1-9-28(6)20(24-18(3)11-10-17(2)19(24)4)16-21(31)25-27(5)14-13-23(32)30(8,26(33)34)22(27)12-15-29(25,28)7/h16-19,22-25,32H,9-15H2,1-8H3,(H,33,34)/t17-,18-,19+,22?,23?,24?,25?,27+,28-,29-,30-/m1/s1. The van der Waals surface area contributed by atoms with Crippen LogP contribution in [0.2, 0.25) is 0 Å². The Bertz CT molecular complexity index is 892. The molecule has 0 aliphatic heterocycles. The summed E-state index contributed by atoms with van der Waals surface area (Å²) in [6.07, 6.45) is 7.41. The van der Waals surface area contributed by atoms with Crippen molar-refractivity contribution in [2.24, 2.45) is 57.2 Å². The minimum Gasteiger partial charge on any atom is -0.481 e. The Balaban J connectivity index is 1.87. The first kappa shape index (κ1) is 25.9. The first-order chi connectivity index (χ1) is 15.7. The Labute approximate surface area is 207 Å². The summed E-state index contributed by atoms with van der Waals surface area (Å²) in [6.45, 7) is 18.1. The molecule has 4 unspecified atom stereocenters. The van der Waals surface area contributed by atoms with Gasteiger partial charge in [-0.2, -0.15) is 0 Å². The number of hydrogen-bond acceptors (Lipinski definition) is 3. The van der Waals surface area contributed by atoms with E-state index >= 15 is 0 Å². The van der Waals surface area contributed by atoms with E-state index < -0.39 is 22.9 Å². The van der Waals surface area contributed by atoms with E-state index in [1.54, 1.807) is 6.92 Å². The van der Waals surface area contributed by atoms with Crippen LogP contribution in [0.3, 0.4) is 0 Å². The minimum absolute atomic E-state index is 0.0977. The predicted molar refractivity (Wildman–Crippen MR) is 135 cm³/mol. The van der Waals surface area contributed by atoms with Gasteiger partial charge in [0.25, 0.3) is 0 Å².